The molecule has 4 aliphatic rings. The number of phenols is 1. The Hall–Kier alpha value is -4.11. The highest BCUT2D eigenvalue weighted by molar-refractivity contribution is 6.03. The molecule has 2 unspecified atom stereocenters. The van der Waals surface area contributed by atoms with Crippen molar-refractivity contribution < 1.29 is 28.1 Å². The second kappa shape index (κ2) is 14.5. The van der Waals surface area contributed by atoms with Gasteiger partial charge in [-0.1, -0.05) is 18.4 Å². The van der Waals surface area contributed by atoms with Crippen molar-refractivity contribution in [2.45, 2.75) is 63.8 Å². The molecule has 268 valence electrons. The van der Waals surface area contributed by atoms with Crippen molar-refractivity contribution in [3.05, 3.63) is 47.7 Å². The lowest BCUT2D eigenvalue weighted by atomic mass is 9.75. The third kappa shape index (κ3) is 6.58. The van der Waals surface area contributed by atoms with Gasteiger partial charge in [-0.25, -0.2) is 8.78 Å². The summed E-state index contributed by atoms with van der Waals surface area (Å²) < 4.78 is 49.8. The molecule has 0 spiro atoms. The van der Waals surface area contributed by atoms with Crippen LogP contribution in [0, 0.1) is 35.3 Å². The summed E-state index contributed by atoms with van der Waals surface area (Å²) in [6, 6.07) is 6.14. The van der Waals surface area contributed by atoms with Crippen LogP contribution in [0.2, 0.25) is 0 Å². The second-order valence-corrected chi connectivity index (χ2v) is 14.7. The normalized spacial score (nSPS) is 23.3. The van der Waals surface area contributed by atoms with Gasteiger partial charge in [-0.2, -0.15) is 9.97 Å². The summed E-state index contributed by atoms with van der Waals surface area (Å²) in [5, 5.41) is 11.8. The van der Waals surface area contributed by atoms with E-state index in [0.717, 1.165) is 83.6 Å². The van der Waals surface area contributed by atoms with Crippen molar-refractivity contribution in [3.63, 3.8) is 0 Å². The molecule has 11 heteroatoms. The molecule has 0 radical (unpaired) electrons. The third-order valence-electron chi connectivity index (χ3n) is 11.7. The van der Waals surface area contributed by atoms with E-state index >= 15 is 4.39 Å². The number of phenolic OH excluding ortho intramolecular Hbond substituents is 1. The lowest BCUT2D eigenvalue weighted by Crippen LogP contribution is -2.52. The number of pyridine rings is 1. The molecular formula is C40H45F2N5O4. The molecule has 0 amide bonds. The first-order chi connectivity index (χ1) is 24.9. The van der Waals surface area contributed by atoms with Gasteiger partial charge in [-0.3, -0.25) is 9.88 Å². The number of hydrogen-bond donors (Lipinski definition) is 1. The van der Waals surface area contributed by atoms with Gasteiger partial charge < -0.3 is 24.2 Å². The van der Waals surface area contributed by atoms with E-state index in [4.69, 9.17) is 30.6 Å². The van der Waals surface area contributed by atoms with Crippen LogP contribution in [0.3, 0.4) is 0 Å². The van der Waals surface area contributed by atoms with Gasteiger partial charge >= 0.3 is 6.01 Å². The number of fused-ring (bicyclic) bond motifs is 3. The number of nitrogens with zero attached hydrogens (tertiary/aromatic N) is 5. The van der Waals surface area contributed by atoms with Crippen molar-refractivity contribution in [1.29, 1.82) is 0 Å². The topological polar surface area (TPSA) is 93.1 Å². The van der Waals surface area contributed by atoms with Crippen molar-refractivity contribution in [2.75, 3.05) is 64.1 Å². The molecule has 2 atom stereocenters. The molecule has 1 saturated carbocycles. The van der Waals surface area contributed by atoms with Gasteiger partial charge in [-0.15, -0.1) is 6.42 Å². The standard InChI is InChI=1S/C40H45F2N5O4/c1-2-29-32(41)8-7-27-22-28(48)23-30(34(27)29)36-35(42)37-31(24-43-36)38(47-15-5-18-49-21-17-47)45-39(44-37)51-25-40-12-3-6-33(40)46(14-4-13-40)16-9-26-10-19-50-20-11-26/h1,7-8,22-24,26,33,48H,3-6,9-21,25H2. The van der Waals surface area contributed by atoms with E-state index in [2.05, 4.69) is 20.7 Å². The summed E-state index contributed by atoms with van der Waals surface area (Å²) in [6.45, 7) is 6.80. The van der Waals surface area contributed by atoms with Crippen LogP contribution in [-0.4, -0.2) is 90.2 Å². The minimum absolute atomic E-state index is 0.0129. The van der Waals surface area contributed by atoms with Crippen LogP contribution in [0.5, 0.6) is 11.8 Å². The van der Waals surface area contributed by atoms with Gasteiger partial charge in [0.1, 0.15) is 28.6 Å². The number of aromatic hydroxyl groups is 1. The first kappa shape index (κ1) is 34.0. The smallest absolute Gasteiger partial charge is 0.319 e. The molecule has 4 aromatic rings. The number of rotatable bonds is 8. The SMILES string of the molecule is C#Cc1c(F)ccc2cc(O)cc(-c3ncc4c(N5CCCOCC5)nc(OCC56CCCC5N(CCC5CCOCC5)CCC6)nc4c3F)c12. The number of likely N-dealkylation sites (tertiary alicyclic amines) is 1. The predicted molar refractivity (Wildman–Crippen MR) is 192 cm³/mol. The highest BCUT2D eigenvalue weighted by Crippen LogP contribution is 2.48. The fraction of sp³-hybridized carbons (Fsp3) is 0.525. The molecule has 1 aliphatic carbocycles. The number of benzene rings is 2. The molecule has 4 fully saturated rings. The average Bonchev–Trinajstić information content (AvgIpc) is 3.40. The van der Waals surface area contributed by atoms with E-state index in [1.807, 2.05) is 0 Å². The Morgan fingerprint density at radius 1 is 0.980 bits per heavy atom. The van der Waals surface area contributed by atoms with E-state index in [-0.39, 0.29) is 39.5 Å². The van der Waals surface area contributed by atoms with Crippen LogP contribution in [0.1, 0.15) is 63.4 Å². The molecule has 1 N–H and O–H groups in total. The van der Waals surface area contributed by atoms with Crippen LogP contribution in [0.25, 0.3) is 32.9 Å². The highest BCUT2D eigenvalue weighted by Gasteiger charge is 2.48. The first-order valence-corrected chi connectivity index (χ1v) is 18.5. The minimum Gasteiger partial charge on any atom is -0.508 e. The van der Waals surface area contributed by atoms with Crippen LogP contribution in [0.15, 0.2) is 30.5 Å². The predicted octanol–water partition coefficient (Wildman–Crippen LogP) is 6.87. The summed E-state index contributed by atoms with van der Waals surface area (Å²) in [5.74, 6) is 2.21. The summed E-state index contributed by atoms with van der Waals surface area (Å²) in [5.41, 5.74) is 0.0876. The molecule has 51 heavy (non-hydrogen) atoms. The zero-order chi connectivity index (χ0) is 35.0. The number of piperidine rings is 1. The summed E-state index contributed by atoms with van der Waals surface area (Å²) >= 11 is 0. The quantitative estimate of drug-likeness (QED) is 0.198. The monoisotopic (exact) mass is 697 g/mol. The Morgan fingerprint density at radius 2 is 1.82 bits per heavy atom. The Bertz CT molecular complexity index is 1960. The number of hydrogen-bond acceptors (Lipinski definition) is 9. The highest BCUT2D eigenvalue weighted by atomic mass is 19.1. The zero-order valence-corrected chi connectivity index (χ0v) is 29.0. The Labute approximate surface area is 297 Å². The second-order valence-electron chi connectivity index (χ2n) is 14.7. The van der Waals surface area contributed by atoms with Crippen LogP contribution in [0.4, 0.5) is 14.6 Å². The number of terminal acetylenes is 1. The maximum absolute atomic E-state index is 17.0. The van der Waals surface area contributed by atoms with Crippen molar-refractivity contribution in [3.8, 4) is 35.4 Å². The zero-order valence-electron chi connectivity index (χ0n) is 29.0. The average molecular weight is 698 g/mol. The fourth-order valence-electron chi connectivity index (χ4n) is 9.10. The minimum atomic E-state index is -0.722. The van der Waals surface area contributed by atoms with Crippen LogP contribution < -0.4 is 9.64 Å². The van der Waals surface area contributed by atoms with Gasteiger partial charge in [0.05, 0.1) is 24.2 Å². The van der Waals surface area contributed by atoms with Gasteiger partial charge in [-0.05, 0) is 94.0 Å². The maximum atomic E-state index is 17.0. The van der Waals surface area contributed by atoms with E-state index in [0.29, 0.717) is 60.9 Å². The number of aromatic nitrogens is 3. The Balaban J connectivity index is 1.16. The molecule has 8 rings (SSSR count). The van der Waals surface area contributed by atoms with E-state index in [1.54, 1.807) is 6.20 Å². The number of ether oxygens (including phenoxy) is 3. The van der Waals surface area contributed by atoms with Crippen molar-refractivity contribution in [2.24, 2.45) is 11.3 Å². The molecule has 9 nitrogen and oxygen atoms in total. The molecule has 2 aromatic heterocycles. The lowest BCUT2D eigenvalue weighted by Gasteiger charge is -2.46. The first-order valence-electron chi connectivity index (χ1n) is 18.5. The van der Waals surface area contributed by atoms with Gasteiger partial charge in [0.15, 0.2) is 5.82 Å². The Kier molecular flexibility index (Phi) is 9.66. The molecule has 3 saturated heterocycles. The van der Waals surface area contributed by atoms with Crippen molar-refractivity contribution in [1.82, 2.24) is 19.9 Å². The molecule has 5 heterocycles. The van der Waals surface area contributed by atoms with Gasteiger partial charge in [0.25, 0.3) is 0 Å². The van der Waals surface area contributed by atoms with E-state index < -0.39 is 11.6 Å². The third-order valence-corrected chi connectivity index (χ3v) is 11.7. The van der Waals surface area contributed by atoms with Crippen LogP contribution >= 0.6 is 0 Å². The Morgan fingerprint density at radius 3 is 2.69 bits per heavy atom. The van der Waals surface area contributed by atoms with Crippen molar-refractivity contribution >= 4 is 27.5 Å². The summed E-state index contributed by atoms with van der Waals surface area (Å²) in [4.78, 5) is 18.9. The van der Waals surface area contributed by atoms with Gasteiger partial charge in [0.2, 0.25) is 0 Å². The molecule has 0 bridgehead atoms. The summed E-state index contributed by atoms with van der Waals surface area (Å²) in [6.07, 6.45) is 17.1. The van der Waals surface area contributed by atoms with Crippen LogP contribution in [-0.2, 0) is 9.47 Å². The fourth-order valence-corrected chi connectivity index (χ4v) is 9.10. The van der Waals surface area contributed by atoms with E-state index in [1.165, 1.54) is 30.7 Å². The lowest BCUT2D eigenvalue weighted by molar-refractivity contribution is -0.00679. The molecule has 3 aliphatic heterocycles. The van der Waals surface area contributed by atoms with Gasteiger partial charge in [0, 0.05) is 61.5 Å². The largest absolute Gasteiger partial charge is 0.508 e. The molecular weight excluding hydrogens is 652 g/mol. The number of halogens is 2. The maximum Gasteiger partial charge on any atom is 0.319 e. The number of anilines is 1. The molecule has 2 aromatic carbocycles. The summed E-state index contributed by atoms with van der Waals surface area (Å²) in [7, 11) is 0. The van der Waals surface area contributed by atoms with E-state index in [9.17, 15) is 9.50 Å².